The van der Waals surface area contributed by atoms with Crippen molar-refractivity contribution >= 4 is 16.9 Å². The zero-order valence-electron chi connectivity index (χ0n) is 17.4. The third-order valence-electron chi connectivity index (χ3n) is 5.72. The minimum absolute atomic E-state index is 0.275. The van der Waals surface area contributed by atoms with Crippen LogP contribution in [0.3, 0.4) is 0 Å². The molecule has 0 bridgehead atoms. The molecule has 2 aromatic heterocycles. The summed E-state index contributed by atoms with van der Waals surface area (Å²) in [6.07, 6.45) is 4.35. The number of carbonyl (C=O) groups is 1. The number of fused-ring (bicyclic) bond motifs is 2. The van der Waals surface area contributed by atoms with Gasteiger partial charge in [0.05, 0.1) is 11.1 Å². The van der Waals surface area contributed by atoms with Gasteiger partial charge in [0.2, 0.25) is 5.89 Å². The summed E-state index contributed by atoms with van der Waals surface area (Å²) >= 11 is 0. The molecule has 0 amide bonds. The Labute approximate surface area is 180 Å². The molecule has 4 aromatic rings. The van der Waals surface area contributed by atoms with Crippen LogP contribution in [-0.2, 0) is 17.6 Å². The maximum absolute atomic E-state index is 13.4. The van der Waals surface area contributed by atoms with Crippen LogP contribution in [0.5, 0.6) is 0 Å². The lowest BCUT2D eigenvalue weighted by Gasteiger charge is -2.16. The highest BCUT2D eigenvalue weighted by Gasteiger charge is 2.26. The van der Waals surface area contributed by atoms with E-state index in [1.807, 2.05) is 54.6 Å². The van der Waals surface area contributed by atoms with Crippen molar-refractivity contribution in [3.8, 4) is 11.5 Å². The summed E-state index contributed by atoms with van der Waals surface area (Å²) in [6, 6.07) is 17.3. The standard InChI is InChI=1S/C25H23N3O3/c1-16(23-27-28-24(31-23)17-10-4-2-5-11-17)30-25(29)22-18-12-6-3-7-14-20(18)26-21-15-9-8-13-19(21)22/h2,4-5,8-11,13,15-16H,3,6-7,12,14H2,1H3/t16-/m1/s1. The number of aromatic nitrogens is 3. The molecule has 1 aliphatic carbocycles. The van der Waals surface area contributed by atoms with Crippen LogP contribution >= 0.6 is 0 Å². The van der Waals surface area contributed by atoms with Gasteiger partial charge in [-0.25, -0.2) is 4.79 Å². The molecule has 31 heavy (non-hydrogen) atoms. The highest BCUT2D eigenvalue weighted by Crippen LogP contribution is 2.31. The summed E-state index contributed by atoms with van der Waals surface area (Å²) in [5.74, 6) is 0.307. The van der Waals surface area contributed by atoms with Crippen LogP contribution in [0.15, 0.2) is 59.0 Å². The van der Waals surface area contributed by atoms with Gasteiger partial charge in [0.1, 0.15) is 0 Å². The topological polar surface area (TPSA) is 78.1 Å². The molecule has 156 valence electrons. The second-order valence-corrected chi connectivity index (χ2v) is 7.85. The van der Waals surface area contributed by atoms with Crippen LogP contribution in [0.1, 0.15) is 59.8 Å². The van der Waals surface area contributed by atoms with Gasteiger partial charge in [-0.15, -0.1) is 10.2 Å². The number of para-hydroxylation sites is 1. The number of hydrogen-bond donors (Lipinski definition) is 0. The molecule has 0 fully saturated rings. The number of benzene rings is 2. The van der Waals surface area contributed by atoms with Crippen molar-refractivity contribution in [1.82, 2.24) is 15.2 Å². The van der Waals surface area contributed by atoms with Gasteiger partial charge in [-0.1, -0.05) is 42.8 Å². The van der Waals surface area contributed by atoms with Gasteiger partial charge < -0.3 is 9.15 Å². The van der Waals surface area contributed by atoms with Gasteiger partial charge in [0.15, 0.2) is 6.10 Å². The number of hydrogen-bond acceptors (Lipinski definition) is 6. The predicted molar refractivity (Wildman–Crippen MR) is 117 cm³/mol. The second kappa shape index (κ2) is 8.30. The van der Waals surface area contributed by atoms with Crippen LogP contribution < -0.4 is 0 Å². The third-order valence-corrected chi connectivity index (χ3v) is 5.72. The molecule has 0 spiro atoms. The van der Waals surface area contributed by atoms with Crippen molar-refractivity contribution in [2.45, 2.75) is 45.1 Å². The van der Waals surface area contributed by atoms with Gasteiger partial charge in [-0.05, 0) is 56.4 Å². The van der Waals surface area contributed by atoms with Crippen molar-refractivity contribution in [3.05, 3.63) is 77.3 Å². The molecule has 2 aromatic carbocycles. The van der Waals surface area contributed by atoms with Gasteiger partial charge in [-0.2, -0.15) is 0 Å². The van der Waals surface area contributed by atoms with Crippen LogP contribution in [0.4, 0.5) is 0 Å². The number of carbonyl (C=O) groups excluding carboxylic acids is 1. The molecule has 6 nitrogen and oxygen atoms in total. The predicted octanol–water partition coefficient (Wildman–Crippen LogP) is 5.47. The molecule has 1 aliphatic rings. The van der Waals surface area contributed by atoms with E-state index in [0.717, 1.165) is 59.8 Å². The van der Waals surface area contributed by atoms with E-state index in [9.17, 15) is 4.79 Å². The van der Waals surface area contributed by atoms with Gasteiger partial charge in [0.25, 0.3) is 5.89 Å². The summed E-state index contributed by atoms with van der Waals surface area (Å²) in [7, 11) is 0. The molecular formula is C25H23N3O3. The molecule has 0 saturated heterocycles. The summed E-state index contributed by atoms with van der Waals surface area (Å²) in [5, 5.41) is 9.03. The molecule has 0 saturated carbocycles. The van der Waals surface area contributed by atoms with E-state index in [1.165, 1.54) is 0 Å². The zero-order valence-corrected chi connectivity index (χ0v) is 17.4. The van der Waals surface area contributed by atoms with Gasteiger partial charge in [0, 0.05) is 16.6 Å². The van der Waals surface area contributed by atoms with Crippen molar-refractivity contribution < 1.29 is 13.9 Å². The zero-order chi connectivity index (χ0) is 21.2. The van der Waals surface area contributed by atoms with E-state index in [2.05, 4.69) is 10.2 Å². The largest absolute Gasteiger partial charge is 0.449 e. The first-order valence-electron chi connectivity index (χ1n) is 10.7. The molecule has 1 atom stereocenters. The lowest BCUT2D eigenvalue weighted by Crippen LogP contribution is -2.14. The monoisotopic (exact) mass is 413 g/mol. The van der Waals surface area contributed by atoms with Crippen molar-refractivity contribution in [1.29, 1.82) is 0 Å². The number of pyridine rings is 1. The Morgan fingerprint density at radius 2 is 1.74 bits per heavy atom. The van der Waals surface area contributed by atoms with E-state index in [-0.39, 0.29) is 11.9 Å². The minimum atomic E-state index is -0.661. The molecule has 2 heterocycles. The van der Waals surface area contributed by atoms with E-state index in [0.29, 0.717) is 11.5 Å². The first-order chi connectivity index (χ1) is 15.2. The van der Waals surface area contributed by atoms with Crippen LogP contribution in [0.25, 0.3) is 22.4 Å². The lowest BCUT2D eigenvalue weighted by atomic mass is 9.97. The van der Waals surface area contributed by atoms with Crippen LogP contribution in [0.2, 0.25) is 0 Å². The quantitative estimate of drug-likeness (QED) is 0.326. The van der Waals surface area contributed by atoms with E-state index >= 15 is 0 Å². The van der Waals surface area contributed by atoms with Crippen molar-refractivity contribution in [2.75, 3.05) is 0 Å². The fourth-order valence-corrected chi connectivity index (χ4v) is 4.15. The number of esters is 1. The van der Waals surface area contributed by atoms with E-state index < -0.39 is 6.10 Å². The smallest absolute Gasteiger partial charge is 0.339 e. The van der Waals surface area contributed by atoms with E-state index in [4.69, 9.17) is 14.1 Å². The Balaban J connectivity index is 1.47. The minimum Gasteiger partial charge on any atom is -0.449 e. The average Bonchev–Trinajstić information content (AvgIpc) is 3.18. The molecule has 6 heteroatoms. The third kappa shape index (κ3) is 3.81. The first-order valence-corrected chi connectivity index (χ1v) is 10.7. The fourth-order valence-electron chi connectivity index (χ4n) is 4.15. The Morgan fingerprint density at radius 1 is 0.968 bits per heavy atom. The molecule has 0 radical (unpaired) electrons. The maximum Gasteiger partial charge on any atom is 0.339 e. The summed E-state index contributed by atoms with van der Waals surface area (Å²) in [6.45, 7) is 1.75. The Bertz CT molecular complexity index is 1230. The molecule has 0 N–H and O–H groups in total. The summed E-state index contributed by atoms with van der Waals surface area (Å²) < 4.78 is 11.6. The average molecular weight is 413 g/mol. The number of aryl methyl sites for hydroxylation is 1. The van der Waals surface area contributed by atoms with Gasteiger partial charge >= 0.3 is 5.97 Å². The molecule has 5 rings (SSSR count). The number of ether oxygens (including phenoxy) is 1. The highest BCUT2D eigenvalue weighted by molar-refractivity contribution is 6.05. The molecule has 0 aliphatic heterocycles. The second-order valence-electron chi connectivity index (χ2n) is 7.85. The summed E-state index contributed by atoms with van der Waals surface area (Å²) in [5.41, 5.74) is 4.30. The van der Waals surface area contributed by atoms with Crippen LogP contribution in [-0.4, -0.2) is 21.2 Å². The fraction of sp³-hybridized carbons (Fsp3) is 0.280. The maximum atomic E-state index is 13.4. The highest BCUT2D eigenvalue weighted by atomic mass is 16.6. The SMILES string of the molecule is C[C@@H](OC(=O)c1c2c(nc3ccccc13)CCCCC2)c1nnc(-c2ccccc2)o1. The lowest BCUT2D eigenvalue weighted by molar-refractivity contribution is 0.0280. The first kappa shape index (κ1) is 19.4. The normalized spacial score (nSPS) is 14.6. The molecule has 0 unspecified atom stereocenters. The van der Waals surface area contributed by atoms with E-state index in [1.54, 1.807) is 6.92 Å². The van der Waals surface area contributed by atoms with Crippen molar-refractivity contribution in [3.63, 3.8) is 0 Å². The van der Waals surface area contributed by atoms with Crippen molar-refractivity contribution in [2.24, 2.45) is 0 Å². The molecular weight excluding hydrogens is 390 g/mol. The number of rotatable bonds is 4. The van der Waals surface area contributed by atoms with Crippen LogP contribution in [0, 0.1) is 0 Å². The van der Waals surface area contributed by atoms with Gasteiger partial charge in [-0.3, -0.25) is 4.98 Å². The Hall–Kier alpha value is -3.54. The number of nitrogens with zero attached hydrogens (tertiary/aromatic N) is 3. The Kier molecular flexibility index (Phi) is 5.20. The summed E-state index contributed by atoms with van der Waals surface area (Å²) in [4.78, 5) is 18.2. The Morgan fingerprint density at radius 3 is 2.61 bits per heavy atom.